The topological polar surface area (TPSA) is 88.7 Å². The molecule has 7 nitrogen and oxygen atoms in total. The van der Waals surface area contributed by atoms with Crippen molar-refractivity contribution in [2.24, 2.45) is 0 Å². The third kappa shape index (κ3) is 4.73. The van der Waals surface area contributed by atoms with Gasteiger partial charge in [-0.1, -0.05) is 0 Å². The third-order valence-corrected chi connectivity index (χ3v) is 5.96. The van der Waals surface area contributed by atoms with Crippen molar-refractivity contribution in [3.05, 3.63) is 47.8 Å². The second-order valence-corrected chi connectivity index (χ2v) is 8.89. The highest BCUT2D eigenvalue weighted by atomic mass is 19.3. The zero-order chi connectivity index (χ0) is 25.5. The van der Waals surface area contributed by atoms with Crippen LogP contribution in [-0.4, -0.2) is 41.0 Å². The van der Waals surface area contributed by atoms with E-state index in [0.717, 1.165) is 5.56 Å². The number of fused-ring (bicyclic) bond motifs is 1. The first-order valence-electron chi connectivity index (χ1n) is 10.7. The van der Waals surface area contributed by atoms with Crippen LogP contribution in [0.2, 0.25) is 0 Å². The van der Waals surface area contributed by atoms with E-state index in [1.807, 2.05) is 0 Å². The van der Waals surface area contributed by atoms with Gasteiger partial charge < -0.3 is 14.8 Å². The predicted molar refractivity (Wildman–Crippen MR) is 118 cm³/mol. The van der Waals surface area contributed by atoms with Crippen molar-refractivity contribution < 1.29 is 31.8 Å². The maximum atomic E-state index is 13.2. The van der Waals surface area contributed by atoms with Crippen molar-refractivity contribution in [2.45, 2.75) is 50.7 Å². The van der Waals surface area contributed by atoms with Crippen LogP contribution in [0.25, 0.3) is 16.9 Å². The van der Waals surface area contributed by atoms with Gasteiger partial charge in [-0.2, -0.15) is 14.0 Å². The largest absolute Gasteiger partial charge is 0.496 e. The van der Waals surface area contributed by atoms with Crippen molar-refractivity contribution in [3.8, 4) is 28.8 Å². The first-order chi connectivity index (χ1) is 16.4. The van der Waals surface area contributed by atoms with Crippen molar-refractivity contribution in [3.63, 3.8) is 0 Å². The summed E-state index contributed by atoms with van der Waals surface area (Å²) in [6, 6.07) is 7.64. The number of hydrogen-bond acceptors (Lipinski definition) is 5. The quantitative estimate of drug-likeness (QED) is 0.474. The average molecular weight is 490 g/mol. The Labute approximate surface area is 198 Å². The molecule has 0 aliphatic heterocycles. The minimum Gasteiger partial charge on any atom is -0.496 e. The number of carbonyl (C=O) groups excluding carboxylic acids is 1. The Morgan fingerprint density at radius 3 is 2.57 bits per heavy atom. The molecule has 1 aliphatic carbocycles. The fourth-order valence-electron chi connectivity index (χ4n) is 3.98. The van der Waals surface area contributed by atoms with Crippen molar-refractivity contribution in [1.29, 1.82) is 5.26 Å². The normalized spacial score (nSPS) is 15.5. The molecule has 1 aromatic carbocycles. The fourth-order valence-corrected chi connectivity index (χ4v) is 3.98. The molecule has 184 valence electrons. The summed E-state index contributed by atoms with van der Waals surface area (Å²) in [6.07, 6.45) is 2.15. The Morgan fingerprint density at radius 1 is 1.29 bits per heavy atom. The number of alkyl halides is 4. The van der Waals surface area contributed by atoms with Crippen LogP contribution in [-0.2, 0) is 5.41 Å². The lowest BCUT2D eigenvalue weighted by Gasteiger charge is -2.35. The number of carbonyl (C=O) groups is 1. The zero-order valence-electron chi connectivity index (χ0n) is 19.1. The Hall–Kier alpha value is -3.81. The van der Waals surface area contributed by atoms with Crippen LogP contribution < -0.4 is 14.8 Å². The van der Waals surface area contributed by atoms with Gasteiger partial charge >= 0.3 is 6.61 Å². The lowest BCUT2D eigenvalue weighted by molar-refractivity contribution is -0.0901. The second kappa shape index (κ2) is 8.76. The minimum atomic E-state index is -3.24. The third-order valence-electron chi connectivity index (χ3n) is 5.96. The van der Waals surface area contributed by atoms with E-state index in [-0.39, 0.29) is 11.3 Å². The summed E-state index contributed by atoms with van der Waals surface area (Å²) in [5.41, 5.74) is 1.06. The van der Waals surface area contributed by atoms with Gasteiger partial charge in [-0.05, 0) is 43.7 Å². The Morgan fingerprint density at radius 2 is 1.97 bits per heavy atom. The second-order valence-electron chi connectivity index (χ2n) is 8.89. The van der Waals surface area contributed by atoms with Crippen LogP contribution in [0.5, 0.6) is 11.5 Å². The van der Waals surface area contributed by atoms with Crippen molar-refractivity contribution in [2.75, 3.05) is 7.11 Å². The highest BCUT2D eigenvalue weighted by molar-refractivity contribution is 6.01. The van der Waals surface area contributed by atoms with E-state index in [1.165, 1.54) is 25.4 Å². The molecule has 1 N–H and O–H groups in total. The molecule has 1 amide bonds. The lowest BCUT2D eigenvalue weighted by atomic mass is 9.87. The van der Waals surface area contributed by atoms with Gasteiger partial charge in [0.1, 0.15) is 22.7 Å². The molecular weight excluding hydrogens is 468 g/mol. The van der Waals surface area contributed by atoms with Crippen molar-refractivity contribution in [1.82, 2.24) is 14.7 Å². The van der Waals surface area contributed by atoms with Crippen LogP contribution in [0.15, 0.2) is 36.7 Å². The molecule has 0 radical (unpaired) electrons. The van der Waals surface area contributed by atoms with E-state index >= 15 is 0 Å². The van der Waals surface area contributed by atoms with E-state index in [9.17, 15) is 27.6 Å². The van der Waals surface area contributed by atoms with Gasteiger partial charge in [0.15, 0.2) is 0 Å². The Kier molecular flexibility index (Phi) is 6.09. The standard InChI is InChI=1S/C24H22F4N4O3/c1-23(2,12-29)14-4-5-32-16(11-30-19(32)8-14)13-6-17(34-3)20(18(7-13)35-22(25)26)21(33)31-15-9-24(27,28)10-15/h4-8,11,15,22H,9-10H2,1-3H3,(H,31,33). The molecule has 11 heteroatoms. The smallest absolute Gasteiger partial charge is 0.387 e. The van der Waals surface area contributed by atoms with Gasteiger partial charge in [0, 0.05) is 30.6 Å². The minimum absolute atomic E-state index is 0.0704. The maximum Gasteiger partial charge on any atom is 0.387 e. The van der Waals surface area contributed by atoms with Gasteiger partial charge in [0.25, 0.3) is 11.8 Å². The molecule has 0 bridgehead atoms. The van der Waals surface area contributed by atoms with E-state index in [2.05, 4.69) is 21.1 Å². The number of rotatable bonds is 7. The Bertz CT molecular complexity index is 1320. The van der Waals surface area contributed by atoms with Gasteiger partial charge in [-0.25, -0.2) is 13.8 Å². The number of amides is 1. The summed E-state index contributed by atoms with van der Waals surface area (Å²) in [4.78, 5) is 17.2. The molecule has 0 atom stereocenters. The molecule has 1 fully saturated rings. The first-order valence-corrected chi connectivity index (χ1v) is 10.7. The monoisotopic (exact) mass is 490 g/mol. The number of nitrogens with one attached hydrogen (secondary N) is 1. The predicted octanol–water partition coefficient (Wildman–Crippen LogP) is 4.94. The van der Waals surface area contributed by atoms with Gasteiger partial charge in [-0.15, -0.1) is 0 Å². The number of hydrogen-bond donors (Lipinski definition) is 1. The molecule has 1 saturated carbocycles. The van der Waals surface area contributed by atoms with Crippen LogP contribution in [0.3, 0.4) is 0 Å². The first kappa shape index (κ1) is 24.3. The number of benzene rings is 1. The van der Waals surface area contributed by atoms with E-state index in [4.69, 9.17) is 4.74 Å². The summed E-state index contributed by atoms with van der Waals surface area (Å²) in [5, 5.41) is 11.8. The summed E-state index contributed by atoms with van der Waals surface area (Å²) in [5.74, 6) is -4.25. The van der Waals surface area contributed by atoms with E-state index < -0.39 is 48.5 Å². The number of nitrogens with zero attached hydrogens (tertiary/aromatic N) is 3. The number of ether oxygens (including phenoxy) is 2. The number of nitriles is 1. The van der Waals surface area contributed by atoms with Crippen LogP contribution in [0.4, 0.5) is 17.6 Å². The van der Waals surface area contributed by atoms with E-state index in [0.29, 0.717) is 16.9 Å². The SMILES string of the molecule is COc1cc(-c2cnc3cc(C(C)(C)C#N)ccn23)cc(OC(F)F)c1C(=O)NC1CC(F)(F)C1. The highest BCUT2D eigenvalue weighted by Gasteiger charge is 2.46. The van der Waals surface area contributed by atoms with Crippen LogP contribution >= 0.6 is 0 Å². The molecule has 0 unspecified atom stereocenters. The summed E-state index contributed by atoms with van der Waals surface area (Å²) in [6.45, 7) is 0.305. The van der Waals surface area contributed by atoms with Crippen LogP contribution in [0, 0.1) is 11.3 Å². The fraction of sp³-hybridized carbons (Fsp3) is 0.375. The number of aromatic nitrogens is 2. The van der Waals surface area contributed by atoms with Gasteiger partial charge in [-0.3, -0.25) is 9.20 Å². The molecular formula is C24H22F4N4O3. The average Bonchev–Trinajstić information content (AvgIpc) is 3.20. The lowest BCUT2D eigenvalue weighted by Crippen LogP contribution is -2.50. The van der Waals surface area contributed by atoms with Crippen LogP contribution in [0.1, 0.15) is 42.6 Å². The maximum absolute atomic E-state index is 13.2. The number of pyridine rings is 1. The van der Waals surface area contributed by atoms with Gasteiger partial charge in [0.2, 0.25) is 0 Å². The highest BCUT2D eigenvalue weighted by Crippen LogP contribution is 2.40. The molecule has 35 heavy (non-hydrogen) atoms. The molecule has 4 rings (SSSR count). The van der Waals surface area contributed by atoms with Crippen molar-refractivity contribution >= 4 is 11.6 Å². The summed E-state index contributed by atoms with van der Waals surface area (Å²) >= 11 is 0. The van der Waals surface area contributed by atoms with E-state index in [1.54, 1.807) is 36.6 Å². The molecule has 2 heterocycles. The summed E-state index contributed by atoms with van der Waals surface area (Å²) in [7, 11) is 1.25. The molecule has 0 spiro atoms. The molecule has 3 aromatic rings. The molecule has 0 saturated heterocycles. The number of halogens is 4. The molecule has 1 aliphatic rings. The Balaban J connectivity index is 1.76. The molecule has 2 aromatic heterocycles. The van der Waals surface area contributed by atoms with Gasteiger partial charge in [0.05, 0.1) is 30.5 Å². The summed E-state index contributed by atoms with van der Waals surface area (Å²) < 4.78 is 64.4. The zero-order valence-corrected chi connectivity index (χ0v) is 19.1. The number of methoxy groups -OCH3 is 1. The number of imidazole rings is 1.